The third kappa shape index (κ3) is 5.51. The Morgan fingerprint density at radius 3 is 2.52 bits per heavy atom. The van der Waals surface area contributed by atoms with E-state index in [4.69, 9.17) is 5.73 Å². The van der Waals surface area contributed by atoms with Crippen molar-refractivity contribution in [2.24, 2.45) is 0 Å². The summed E-state index contributed by atoms with van der Waals surface area (Å²) in [5.74, 6) is 0.177. The van der Waals surface area contributed by atoms with Crippen LogP contribution in [0.15, 0.2) is 0 Å². The number of rotatable bonds is 8. The van der Waals surface area contributed by atoms with E-state index >= 15 is 0 Å². The summed E-state index contributed by atoms with van der Waals surface area (Å²) in [6, 6.07) is 0.557. The van der Waals surface area contributed by atoms with Gasteiger partial charge in [0.2, 0.25) is 0 Å². The van der Waals surface area contributed by atoms with Gasteiger partial charge in [0.15, 0.2) is 5.13 Å². The molecule has 1 rings (SSSR count). The van der Waals surface area contributed by atoms with Crippen molar-refractivity contribution in [2.45, 2.75) is 32.7 Å². The van der Waals surface area contributed by atoms with Crippen LogP contribution in [0.25, 0.3) is 0 Å². The van der Waals surface area contributed by atoms with Crippen molar-refractivity contribution < 1.29 is 4.79 Å². The Hall–Kier alpha value is -1.34. The first-order chi connectivity index (χ1) is 9.82. The van der Waals surface area contributed by atoms with Gasteiger partial charge >= 0.3 is 0 Å². The number of unbranched alkanes of at least 4 members (excludes halogenated alkanes) is 1. The number of carbonyl (C=O) groups is 1. The van der Waals surface area contributed by atoms with Gasteiger partial charge in [-0.1, -0.05) is 11.3 Å². The molecule has 0 aliphatic carbocycles. The summed E-state index contributed by atoms with van der Waals surface area (Å²) in [7, 11) is 5.88. The third-order valence-electron chi connectivity index (χ3n) is 3.34. The van der Waals surface area contributed by atoms with Gasteiger partial charge in [0.05, 0.1) is 0 Å². The molecule has 0 aliphatic rings. The standard InChI is InChI=1S/C14H27N5OS/c1-10(2)19(5)9-7-6-8-16-13(20)11-12(15)17-14(21-11)18(3)4/h10H,6-9,15H2,1-5H3,(H,16,20). The summed E-state index contributed by atoms with van der Waals surface area (Å²) in [4.78, 5) is 20.9. The maximum absolute atomic E-state index is 12.1. The zero-order chi connectivity index (χ0) is 16.0. The minimum atomic E-state index is -0.129. The van der Waals surface area contributed by atoms with Crippen LogP contribution in [0.3, 0.4) is 0 Å². The molecule has 1 amide bonds. The van der Waals surface area contributed by atoms with E-state index in [9.17, 15) is 4.79 Å². The van der Waals surface area contributed by atoms with E-state index in [1.54, 1.807) is 0 Å². The van der Waals surface area contributed by atoms with E-state index in [1.165, 1.54) is 11.3 Å². The summed E-state index contributed by atoms with van der Waals surface area (Å²) in [5.41, 5.74) is 5.79. The predicted molar refractivity (Wildman–Crippen MR) is 90.2 cm³/mol. The lowest BCUT2D eigenvalue weighted by Gasteiger charge is -2.20. The molecule has 7 heteroatoms. The van der Waals surface area contributed by atoms with Crippen LogP contribution in [-0.4, -0.2) is 56.1 Å². The molecule has 1 heterocycles. The highest BCUT2D eigenvalue weighted by Gasteiger charge is 2.16. The molecule has 0 spiro atoms. The highest BCUT2D eigenvalue weighted by Crippen LogP contribution is 2.26. The molecule has 21 heavy (non-hydrogen) atoms. The van der Waals surface area contributed by atoms with Gasteiger partial charge in [-0.2, -0.15) is 0 Å². The largest absolute Gasteiger partial charge is 0.382 e. The van der Waals surface area contributed by atoms with Crippen LogP contribution in [0.5, 0.6) is 0 Å². The summed E-state index contributed by atoms with van der Waals surface area (Å²) in [6.07, 6.45) is 2.03. The number of anilines is 2. The molecule has 3 N–H and O–H groups in total. The number of nitrogens with two attached hydrogens (primary N) is 1. The highest BCUT2D eigenvalue weighted by molar-refractivity contribution is 7.18. The van der Waals surface area contributed by atoms with Crippen LogP contribution < -0.4 is 16.0 Å². The normalized spacial score (nSPS) is 11.2. The number of carbonyl (C=O) groups excluding carboxylic acids is 1. The van der Waals surface area contributed by atoms with Gasteiger partial charge in [0.25, 0.3) is 5.91 Å². The number of nitrogens with one attached hydrogen (secondary N) is 1. The number of hydrogen-bond donors (Lipinski definition) is 2. The Morgan fingerprint density at radius 1 is 1.33 bits per heavy atom. The molecule has 1 aromatic rings. The van der Waals surface area contributed by atoms with Gasteiger partial charge in [0.1, 0.15) is 10.7 Å². The molecular formula is C14H27N5OS. The van der Waals surface area contributed by atoms with E-state index in [0.717, 1.165) is 24.5 Å². The Kier molecular flexibility index (Phi) is 6.91. The number of nitrogens with zero attached hydrogens (tertiary/aromatic N) is 3. The molecule has 0 bridgehead atoms. The van der Waals surface area contributed by atoms with Crippen molar-refractivity contribution in [3.63, 3.8) is 0 Å². The molecule has 1 aromatic heterocycles. The van der Waals surface area contributed by atoms with Gasteiger partial charge < -0.3 is 20.9 Å². The van der Waals surface area contributed by atoms with Crippen molar-refractivity contribution in [1.82, 2.24) is 15.2 Å². The number of hydrogen-bond acceptors (Lipinski definition) is 6. The molecule has 0 saturated carbocycles. The van der Waals surface area contributed by atoms with E-state index in [2.05, 4.69) is 36.1 Å². The lowest BCUT2D eigenvalue weighted by atomic mass is 10.2. The monoisotopic (exact) mass is 313 g/mol. The Morgan fingerprint density at radius 2 is 2.00 bits per heavy atom. The first kappa shape index (κ1) is 17.7. The van der Waals surface area contributed by atoms with Crippen molar-refractivity contribution in [1.29, 1.82) is 0 Å². The zero-order valence-electron chi connectivity index (χ0n) is 13.6. The van der Waals surface area contributed by atoms with Gasteiger partial charge in [-0.25, -0.2) is 4.98 Å². The molecule has 0 unspecified atom stereocenters. The quantitative estimate of drug-likeness (QED) is 0.714. The van der Waals surface area contributed by atoms with Crippen molar-refractivity contribution in [3.05, 3.63) is 4.88 Å². The predicted octanol–water partition coefficient (Wildman–Crippen LogP) is 1.64. The molecule has 0 radical (unpaired) electrons. The van der Waals surface area contributed by atoms with E-state index in [0.29, 0.717) is 23.3 Å². The second-order valence-corrected chi connectivity index (χ2v) is 6.62. The van der Waals surface area contributed by atoms with Crippen molar-refractivity contribution in [2.75, 3.05) is 44.9 Å². The Bertz CT molecular complexity index is 458. The van der Waals surface area contributed by atoms with Crippen molar-refractivity contribution in [3.8, 4) is 0 Å². The maximum atomic E-state index is 12.1. The van der Waals surface area contributed by atoms with E-state index in [-0.39, 0.29) is 5.91 Å². The fourth-order valence-corrected chi connectivity index (χ4v) is 2.52. The van der Waals surface area contributed by atoms with Gasteiger partial charge in [-0.3, -0.25) is 4.79 Å². The second-order valence-electron chi connectivity index (χ2n) is 5.64. The second kappa shape index (κ2) is 8.19. The van der Waals surface area contributed by atoms with Crippen LogP contribution in [0.2, 0.25) is 0 Å². The fourth-order valence-electron chi connectivity index (χ4n) is 1.70. The van der Waals surface area contributed by atoms with Crippen LogP contribution in [-0.2, 0) is 0 Å². The molecular weight excluding hydrogens is 286 g/mol. The number of amides is 1. The van der Waals surface area contributed by atoms with E-state index in [1.807, 2.05) is 19.0 Å². The van der Waals surface area contributed by atoms with Crippen LogP contribution in [0.4, 0.5) is 10.9 Å². The number of thiazole rings is 1. The molecule has 0 aliphatic heterocycles. The molecule has 0 atom stereocenters. The molecule has 0 saturated heterocycles. The Balaban J connectivity index is 2.34. The smallest absolute Gasteiger partial charge is 0.265 e. The SMILES string of the molecule is CC(C)N(C)CCCCNC(=O)c1sc(N(C)C)nc1N. The fraction of sp³-hybridized carbons (Fsp3) is 0.714. The minimum absolute atomic E-state index is 0.129. The van der Waals surface area contributed by atoms with E-state index < -0.39 is 0 Å². The lowest BCUT2D eigenvalue weighted by molar-refractivity contribution is 0.0957. The number of nitrogen functional groups attached to an aromatic ring is 1. The molecule has 6 nitrogen and oxygen atoms in total. The number of aromatic nitrogens is 1. The summed E-state index contributed by atoms with van der Waals surface area (Å²) < 4.78 is 0. The van der Waals surface area contributed by atoms with Crippen LogP contribution >= 0.6 is 11.3 Å². The van der Waals surface area contributed by atoms with Gasteiger partial charge in [0, 0.05) is 26.7 Å². The zero-order valence-corrected chi connectivity index (χ0v) is 14.5. The van der Waals surface area contributed by atoms with Crippen molar-refractivity contribution >= 4 is 28.2 Å². The van der Waals surface area contributed by atoms with Gasteiger partial charge in [-0.15, -0.1) is 0 Å². The maximum Gasteiger partial charge on any atom is 0.265 e. The molecule has 120 valence electrons. The summed E-state index contributed by atoms with van der Waals surface area (Å²) in [6.45, 7) is 6.06. The minimum Gasteiger partial charge on any atom is -0.382 e. The third-order valence-corrected chi connectivity index (χ3v) is 4.57. The summed E-state index contributed by atoms with van der Waals surface area (Å²) in [5, 5.41) is 3.66. The first-order valence-corrected chi connectivity index (χ1v) is 8.06. The topological polar surface area (TPSA) is 74.5 Å². The van der Waals surface area contributed by atoms with Crippen LogP contribution in [0.1, 0.15) is 36.4 Å². The highest BCUT2D eigenvalue weighted by atomic mass is 32.1. The summed E-state index contributed by atoms with van der Waals surface area (Å²) >= 11 is 1.32. The molecule has 0 fully saturated rings. The first-order valence-electron chi connectivity index (χ1n) is 7.25. The van der Waals surface area contributed by atoms with Crippen LogP contribution in [0, 0.1) is 0 Å². The van der Waals surface area contributed by atoms with Gasteiger partial charge in [-0.05, 0) is 40.3 Å². The average molecular weight is 313 g/mol. The molecule has 0 aromatic carbocycles. The Labute approximate surface area is 131 Å². The lowest BCUT2D eigenvalue weighted by Crippen LogP contribution is -2.29. The average Bonchev–Trinajstić information content (AvgIpc) is 2.80.